The van der Waals surface area contributed by atoms with Gasteiger partial charge in [0.25, 0.3) is 0 Å². The molecule has 0 bridgehead atoms. The van der Waals surface area contributed by atoms with E-state index in [1.165, 1.54) is 11.6 Å². The maximum atomic E-state index is 12.4. The SMILES string of the molecule is COC(=O)c1c(C(=O)OC)c2ccc(-c3ccc(Cl)cc3)nn2c1C(=O)OC. The van der Waals surface area contributed by atoms with Crippen LogP contribution >= 0.6 is 11.6 Å². The number of hydrogen-bond acceptors (Lipinski definition) is 7. The van der Waals surface area contributed by atoms with Crippen molar-refractivity contribution in [3.8, 4) is 11.3 Å². The molecule has 0 aliphatic carbocycles. The topological polar surface area (TPSA) is 96.2 Å². The Bertz CT molecular complexity index is 1090. The van der Waals surface area contributed by atoms with E-state index in [-0.39, 0.29) is 22.3 Å². The van der Waals surface area contributed by atoms with Gasteiger partial charge in [-0.2, -0.15) is 5.10 Å². The molecule has 28 heavy (non-hydrogen) atoms. The number of ether oxygens (including phenoxy) is 3. The second-order valence-corrected chi connectivity index (χ2v) is 6.03. The van der Waals surface area contributed by atoms with Gasteiger partial charge in [0.15, 0.2) is 5.69 Å². The third kappa shape index (κ3) is 3.18. The quantitative estimate of drug-likeness (QED) is 0.488. The van der Waals surface area contributed by atoms with Crippen LogP contribution in [0.1, 0.15) is 31.2 Å². The molecule has 0 N–H and O–H groups in total. The maximum Gasteiger partial charge on any atom is 0.357 e. The Hall–Kier alpha value is -3.39. The van der Waals surface area contributed by atoms with Crippen LogP contribution in [0.25, 0.3) is 16.8 Å². The van der Waals surface area contributed by atoms with Gasteiger partial charge in [-0.1, -0.05) is 23.7 Å². The lowest BCUT2D eigenvalue weighted by molar-refractivity contribution is 0.0536. The summed E-state index contributed by atoms with van der Waals surface area (Å²) in [5, 5.41) is 4.97. The average molecular weight is 403 g/mol. The number of methoxy groups -OCH3 is 3. The summed E-state index contributed by atoms with van der Waals surface area (Å²) in [5.41, 5.74) is 0.755. The van der Waals surface area contributed by atoms with Crippen molar-refractivity contribution in [2.45, 2.75) is 0 Å². The predicted octanol–water partition coefficient (Wildman–Crippen LogP) is 3.01. The summed E-state index contributed by atoms with van der Waals surface area (Å²) in [4.78, 5) is 37.1. The second kappa shape index (κ2) is 7.69. The Labute approximate surface area is 164 Å². The number of carbonyl (C=O) groups is 3. The molecule has 0 aliphatic heterocycles. The number of fused-ring (bicyclic) bond motifs is 1. The summed E-state index contributed by atoms with van der Waals surface area (Å²) in [5.74, 6) is -2.56. The van der Waals surface area contributed by atoms with E-state index < -0.39 is 17.9 Å². The molecule has 9 heteroatoms. The van der Waals surface area contributed by atoms with Crippen molar-refractivity contribution in [1.29, 1.82) is 0 Å². The number of hydrogen-bond donors (Lipinski definition) is 0. The number of halogens is 1. The fourth-order valence-electron chi connectivity index (χ4n) is 2.80. The van der Waals surface area contributed by atoms with Crippen molar-refractivity contribution >= 4 is 35.0 Å². The van der Waals surface area contributed by atoms with Crippen LogP contribution in [0, 0.1) is 0 Å². The van der Waals surface area contributed by atoms with Gasteiger partial charge < -0.3 is 14.2 Å². The molecule has 144 valence electrons. The Morgan fingerprint density at radius 3 is 1.96 bits per heavy atom. The van der Waals surface area contributed by atoms with Gasteiger partial charge in [0.2, 0.25) is 0 Å². The van der Waals surface area contributed by atoms with E-state index in [0.29, 0.717) is 10.7 Å². The number of benzene rings is 1. The van der Waals surface area contributed by atoms with Crippen LogP contribution in [0.2, 0.25) is 5.02 Å². The van der Waals surface area contributed by atoms with E-state index in [1.807, 2.05) is 0 Å². The summed E-state index contributed by atoms with van der Waals surface area (Å²) in [6.07, 6.45) is 0. The number of rotatable bonds is 4. The van der Waals surface area contributed by atoms with Gasteiger partial charge in [0.1, 0.15) is 11.1 Å². The van der Waals surface area contributed by atoms with Gasteiger partial charge in [-0.15, -0.1) is 0 Å². The first-order valence-electron chi connectivity index (χ1n) is 7.99. The van der Waals surface area contributed by atoms with Crippen LogP contribution in [0.15, 0.2) is 36.4 Å². The van der Waals surface area contributed by atoms with Crippen LogP contribution in [0.4, 0.5) is 0 Å². The van der Waals surface area contributed by atoms with E-state index in [2.05, 4.69) is 5.10 Å². The molecular weight excluding hydrogens is 388 g/mol. The molecular formula is C19H15ClN2O6. The highest BCUT2D eigenvalue weighted by molar-refractivity contribution is 6.30. The van der Waals surface area contributed by atoms with Crippen LogP contribution < -0.4 is 0 Å². The van der Waals surface area contributed by atoms with Crippen LogP contribution in [0.5, 0.6) is 0 Å². The fraction of sp³-hybridized carbons (Fsp3) is 0.158. The molecule has 0 saturated carbocycles. The first kappa shape index (κ1) is 19.4. The Kier molecular flexibility index (Phi) is 5.32. The highest BCUT2D eigenvalue weighted by Gasteiger charge is 2.34. The van der Waals surface area contributed by atoms with E-state index >= 15 is 0 Å². The minimum Gasteiger partial charge on any atom is -0.465 e. The zero-order valence-electron chi connectivity index (χ0n) is 15.2. The number of esters is 3. The first-order chi connectivity index (χ1) is 13.4. The highest BCUT2D eigenvalue weighted by Crippen LogP contribution is 2.28. The summed E-state index contributed by atoms with van der Waals surface area (Å²) >= 11 is 5.92. The summed E-state index contributed by atoms with van der Waals surface area (Å²) in [7, 11) is 3.46. The van der Waals surface area contributed by atoms with Crippen molar-refractivity contribution in [2.24, 2.45) is 0 Å². The third-order valence-corrected chi connectivity index (χ3v) is 4.34. The molecule has 0 fully saturated rings. The molecule has 3 aromatic rings. The van der Waals surface area contributed by atoms with Gasteiger partial charge >= 0.3 is 17.9 Å². The monoisotopic (exact) mass is 402 g/mol. The Balaban J connectivity index is 2.38. The molecule has 0 spiro atoms. The standard InChI is InChI=1S/C19H15ClN2O6/c1-26-17(23)14-13-9-8-12(10-4-6-11(20)7-5-10)21-22(13)16(19(25)28-3)15(14)18(24)27-2/h4-9H,1-3H3. The van der Waals surface area contributed by atoms with E-state index in [4.69, 9.17) is 25.8 Å². The molecule has 0 aliphatic rings. The molecule has 2 aromatic heterocycles. The van der Waals surface area contributed by atoms with Gasteiger partial charge in [-0.3, -0.25) is 0 Å². The van der Waals surface area contributed by atoms with Crippen molar-refractivity contribution < 1.29 is 28.6 Å². The van der Waals surface area contributed by atoms with Gasteiger partial charge in [-0.25, -0.2) is 18.9 Å². The van der Waals surface area contributed by atoms with Crippen molar-refractivity contribution in [1.82, 2.24) is 9.61 Å². The minimum absolute atomic E-state index is 0.134. The molecule has 0 unspecified atom stereocenters. The number of carbonyl (C=O) groups excluding carboxylic acids is 3. The third-order valence-electron chi connectivity index (χ3n) is 4.09. The zero-order chi connectivity index (χ0) is 20.4. The van der Waals surface area contributed by atoms with Crippen LogP contribution in [-0.2, 0) is 14.2 Å². The van der Waals surface area contributed by atoms with Gasteiger partial charge in [0.05, 0.1) is 32.5 Å². The summed E-state index contributed by atoms with van der Waals surface area (Å²) in [6, 6.07) is 10.1. The molecule has 1 aromatic carbocycles. The normalized spacial score (nSPS) is 10.6. The predicted molar refractivity (Wildman–Crippen MR) is 99.7 cm³/mol. The maximum absolute atomic E-state index is 12.4. The lowest BCUT2D eigenvalue weighted by atomic mass is 10.1. The second-order valence-electron chi connectivity index (χ2n) is 5.60. The Morgan fingerprint density at radius 1 is 0.821 bits per heavy atom. The fourth-order valence-corrected chi connectivity index (χ4v) is 2.93. The van der Waals surface area contributed by atoms with E-state index in [0.717, 1.165) is 19.8 Å². The molecule has 3 rings (SSSR count). The van der Waals surface area contributed by atoms with E-state index in [9.17, 15) is 14.4 Å². The lowest BCUT2D eigenvalue weighted by Gasteiger charge is -2.05. The highest BCUT2D eigenvalue weighted by atomic mass is 35.5. The first-order valence-corrected chi connectivity index (χ1v) is 8.37. The van der Waals surface area contributed by atoms with Crippen LogP contribution in [-0.4, -0.2) is 48.9 Å². The molecule has 2 heterocycles. The van der Waals surface area contributed by atoms with Gasteiger partial charge in [-0.05, 0) is 24.3 Å². The van der Waals surface area contributed by atoms with E-state index in [1.54, 1.807) is 36.4 Å². The average Bonchev–Trinajstić information content (AvgIpc) is 3.06. The lowest BCUT2D eigenvalue weighted by Crippen LogP contribution is -2.16. The zero-order valence-corrected chi connectivity index (χ0v) is 15.9. The van der Waals surface area contributed by atoms with Crippen LogP contribution in [0.3, 0.4) is 0 Å². The van der Waals surface area contributed by atoms with Gasteiger partial charge in [0, 0.05) is 10.6 Å². The summed E-state index contributed by atoms with van der Waals surface area (Å²) < 4.78 is 15.5. The molecule has 0 atom stereocenters. The van der Waals surface area contributed by atoms with Crippen molar-refractivity contribution in [3.63, 3.8) is 0 Å². The Morgan fingerprint density at radius 2 is 1.39 bits per heavy atom. The number of aromatic nitrogens is 2. The number of nitrogens with zero attached hydrogens (tertiary/aromatic N) is 2. The molecule has 0 amide bonds. The minimum atomic E-state index is -0.889. The largest absolute Gasteiger partial charge is 0.465 e. The summed E-state index contributed by atoms with van der Waals surface area (Å²) in [6.45, 7) is 0. The van der Waals surface area contributed by atoms with Crippen molar-refractivity contribution in [2.75, 3.05) is 21.3 Å². The molecule has 0 radical (unpaired) electrons. The van der Waals surface area contributed by atoms with Crippen molar-refractivity contribution in [3.05, 3.63) is 58.2 Å². The molecule has 8 nitrogen and oxygen atoms in total. The molecule has 0 saturated heterocycles. The smallest absolute Gasteiger partial charge is 0.357 e.